The number of carbonyl (C=O) groups is 2. The van der Waals surface area contributed by atoms with E-state index < -0.39 is 5.69 Å². The molecule has 0 aliphatic rings. The molecule has 156 valence electrons. The largest absolute Gasteiger partial charge is 0.383 e. The molecule has 1 rings (SSSR count). The van der Waals surface area contributed by atoms with E-state index in [4.69, 9.17) is 17.2 Å². The zero-order valence-corrected chi connectivity index (χ0v) is 16.4. The number of likely N-dealkylation sites (N-methyl/N-ethyl adjacent to an activating group) is 1. The van der Waals surface area contributed by atoms with Crippen molar-refractivity contribution in [3.05, 3.63) is 22.7 Å². The van der Waals surface area contributed by atoms with Crippen molar-refractivity contribution in [1.29, 1.82) is 0 Å². The first-order valence-corrected chi connectivity index (χ1v) is 9.05. The van der Waals surface area contributed by atoms with Crippen LogP contribution in [0.4, 0.5) is 5.82 Å². The van der Waals surface area contributed by atoms with Gasteiger partial charge in [-0.05, 0) is 39.3 Å². The average Bonchev–Trinajstić information content (AvgIpc) is 2.61. The van der Waals surface area contributed by atoms with E-state index in [1.807, 2.05) is 0 Å². The number of nitrogens with one attached hydrogen (secondary N) is 1. The second-order valence-corrected chi connectivity index (χ2v) is 6.53. The monoisotopic (exact) mass is 394 g/mol. The van der Waals surface area contributed by atoms with Gasteiger partial charge in [0.25, 0.3) is 0 Å². The van der Waals surface area contributed by atoms with Gasteiger partial charge < -0.3 is 27.4 Å². The first kappa shape index (κ1) is 23.1. The SMILES string of the molecule is CN[C@@H](CCCCN=C(N)N)CN(CC(C)=O)C(=O)Cn1ccc(N)nc1=O. The van der Waals surface area contributed by atoms with Crippen LogP contribution in [0.5, 0.6) is 0 Å². The lowest BCUT2D eigenvalue weighted by Gasteiger charge is -2.27. The second kappa shape index (κ2) is 11.7. The molecule has 1 amide bonds. The van der Waals surface area contributed by atoms with Crippen molar-refractivity contribution < 1.29 is 9.59 Å². The summed E-state index contributed by atoms with van der Waals surface area (Å²) in [6, 6.07) is 1.43. The number of nitrogens with two attached hydrogens (primary N) is 3. The van der Waals surface area contributed by atoms with Crippen LogP contribution in [-0.2, 0) is 16.1 Å². The standard InChI is InChI=1S/C17H30N8O3/c1-12(26)9-25(10-13(21-2)5-3-4-7-22-16(19)20)15(27)11-24-8-6-14(18)23-17(24)28/h6,8,13,21H,3-5,7,9-11H2,1-2H3,(H2,18,23,28)(H4,19,20,22)/t13-/m0/s1. The Hall–Kier alpha value is -2.95. The van der Waals surface area contributed by atoms with Gasteiger partial charge in [0.05, 0.1) is 6.54 Å². The minimum atomic E-state index is -0.610. The fraction of sp³-hybridized carbons (Fsp3) is 0.588. The Morgan fingerprint density at radius 2 is 2.07 bits per heavy atom. The quantitative estimate of drug-likeness (QED) is 0.184. The highest BCUT2D eigenvalue weighted by atomic mass is 16.2. The van der Waals surface area contributed by atoms with E-state index in [-0.39, 0.29) is 42.6 Å². The van der Waals surface area contributed by atoms with E-state index in [1.54, 1.807) is 7.05 Å². The molecule has 0 saturated carbocycles. The van der Waals surface area contributed by atoms with E-state index in [1.165, 1.54) is 24.1 Å². The van der Waals surface area contributed by atoms with E-state index in [2.05, 4.69) is 15.3 Å². The number of unbranched alkanes of at least 4 members (excludes halogenated alkanes) is 1. The number of guanidine groups is 1. The zero-order valence-electron chi connectivity index (χ0n) is 16.4. The molecule has 11 heteroatoms. The molecule has 11 nitrogen and oxygen atoms in total. The summed E-state index contributed by atoms with van der Waals surface area (Å²) in [7, 11) is 1.80. The first-order valence-electron chi connectivity index (χ1n) is 9.05. The van der Waals surface area contributed by atoms with Crippen molar-refractivity contribution in [3.8, 4) is 0 Å². The molecule has 0 aromatic carbocycles. The number of ketones is 1. The lowest BCUT2D eigenvalue weighted by molar-refractivity contribution is -0.135. The number of hydrogen-bond donors (Lipinski definition) is 4. The van der Waals surface area contributed by atoms with Gasteiger partial charge in [-0.25, -0.2) is 4.79 Å². The molecule has 0 saturated heterocycles. The maximum absolute atomic E-state index is 12.7. The molecule has 0 aliphatic heterocycles. The zero-order chi connectivity index (χ0) is 21.1. The van der Waals surface area contributed by atoms with Gasteiger partial charge in [-0.1, -0.05) is 0 Å². The number of nitrogen functional groups attached to an aromatic ring is 1. The average molecular weight is 394 g/mol. The number of aromatic nitrogens is 2. The Labute approximate surface area is 164 Å². The molecule has 0 radical (unpaired) electrons. The van der Waals surface area contributed by atoms with Crippen LogP contribution in [0.3, 0.4) is 0 Å². The smallest absolute Gasteiger partial charge is 0.349 e. The normalized spacial score (nSPS) is 11.6. The third kappa shape index (κ3) is 8.62. The minimum absolute atomic E-state index is 0.0104. The van der Waals surface area contributed by atoms with Crippen LogP contribution in [0, 0.1) is 0 Å². The fourth-order valence-electron chi connectivity index (χ4n) is 2.64. The summed E-state index contributed by atoms with van der Waals surface area (Å²) in [5, 5.41) is 3.16. The van der Waals surface area contributed by atoms with Crippen molar-refractivity contribution in [1.82, 2.24) is 19.8 Å². The van der Waals surface area contributed by atoms with Gasteiger partial charge in [-0.2, -0.15) is 4.98 Å². The Balaban J connectivity index is 2.71. The number of amides is 1. The van der Waals surface area contributed by atoms with Crippen molar-refractivity contribution in [2.45, 2.75) is 38.8 Å². The number of Topliss-reactive ketones (excluding diaryl/α,β-unsaturated/α-hetero) is 1. The third-order valence-electron chi connectivity index (χ3n) is 4.07. The van der Waals surface area contributed by atoms with Crippen LogP contribution in [0.15, 0.2) is 22.1 Å². The van der Waals surface area contributed by atoms with Gasteiger partial charge in [-0.3, -0.25) is 19.1 Å². The number of carbonyl (C=O) groups excluding carboxylic acids is 2. The van der Waals surface area contributed by atoms with Crippen molar-refractivity contribution in [2.75, 3.05) is 32.4 Å². The molecule has 0 unspecified atom stereocenters. The Morgan fingerprint density at radius 1 is 1.36 bits per heavy atom. The topological polar surface area (TPSA) is 175 Å². The summed E-state index contributed by atoms with van der Waals surface area (Å²) in [4.78, 5) is 45.1. The number of nitrogens with zero attached hydrogens (tertiary/aromatic N) is 4. The maximum atomic E-state index is 12.7. The lowest BCUT2D eigenvalue weighted by atomic mass is 10.1. The molecule has 1 heterocycles. The first-order chi connectivity index (χ1) is 13.2. The molecule has 1 atom stereocenters. The predicted molar refractivity (Wildman–Crippen MR) is 108 cm³/mol. The van der Waals surface area contributed by atoms with Gasteiger partial charge in [0.15, 0.2) is 5.96 Å². The minimum Gasteiger partial charge on any atom is -0.383 e. The highest BCUT2D eigenvalue weighted by molar-refractivity contribution is 5.84. The molecule has 28 heavy (non-hydrogen) atoms. The summed E-state index contributed by atoms with van der Waals surface area (Å²) < 4.78 is 1.16. The molecule has 1 aromatic heterocycles. The van der Waals surface area contributed by atoms with E-state index in [0.717, 1.165) is 23.8 Å². The second-order valence-electron chi connectivity index (χ2n) is 6.53. The number of aliphatic imine (C=N–C) groups is 1. The predicted octanol–water partition coefficient (Wildman–Crippen LogP) is -1.73. The summed E-state index contributed by atoms with van der Waals surface area (Å²) in [6.07, 6.45) is 3.85. The highest BCUT2D eigenvalue weighted by Gasteiger charge is 2.20. The van der Waals surface area contributed by atoms with Gasteiger partial charge in [0, 0.05) is 25.3 Å². The summed E-state index contributed by atoms with van der Waals surface area (Å²) in [5.41, 5.74) is 15.4. The van der Waals surface area contributed by atoms with Gasteiger partial charge in [0.1, 0.15) is 18.1 Å². The van der Waals surface area contributed by atoms with Crippen LogP contribution in [0.25, 0.3) is 0 Å². The number of rotatable bonds is 12. The summed E-state index contributed by atoms with van der Waals surface area (Å²) in [6.45, 7) is 2.07. The van der Waals surface area contributed by atoms with Crippen molar-refractivity contribution in [3.63, 3.8) is 0 Å². The van der Waals surface area contributed by atoms with E-state index in [9.17, 15) is 14.4 Å². The molecular formula is C17H30N8O3. The van der Waals surface area contributed by atoms with Crippen LogP contribution < -0.4 is 28.2 Å². The summed E-state index contributed by atoms with van der Waals surface area (Å²) in [5.74, 6) is -0.329. The Kier molecular flexibility index (Phi) is 9.65. The number of anilines is 1. The molecule has 0 bridgehead atoms. The fourth-order valence-corrected chi connectivity index (χ4v) is 2.64. The molecule has 7 N–H and O–H groups in total. The van der Waals surface area contributed by atoms with Crippen molar-refractivity contribution in [2.24, 2.45) is 16.5 Å². The Morgan fingerprint density at radius 3 is 2.64 bits per heavy atom. The molecule has 1 aromatic rings. The van der Waals surface area contributed by atoms with Crippen LogP contribution in [0.1, 0.15) is 26.2 Å². The number of hydrogen-bond acceptors (Lipinski definition) is 7. The molecular weight excluding hydrogens is 364 g/mol. The molecule has 0 aliphatic carbocycles. The summed E-state index contributed by atoms with van der Waals surface area (Å²) >= 11 is 0. The van der Waals surface area contributed by atoms with Gasteiger partial charge >= 0.3 is 5.69 Å². The maximum Gasteiger partial charge on any atom is 0.349 e. The molecule has 0 fully saturated rings. The lowest BCUT2D eigenvalue weighted by Crippen LogP contribution is -2.46. The third-order valence-corrected chi connectivity index (χ3v) is 4.07. The van der Waals surface area contributed by atoms with Crippen LogP contribution >= 0.6 is 0 Å². The van der Waals surface area contributed by atoms with Crippen LogP contribution in [0.2, 0.25) is 0 Å². The van der Waals surface area contributed by atoms with Gasteiger partial charge in [0.2, 0.25) is 5.91 Å². The van der Waals surface area contributed by atoms with E-state index in [0.29, 0.717) is 13.1 Å². The Bertz CT molecular complexity index is 742. The van der Waals surface area contributed by atoms with E-state index >= 15 is 0 Å². The van der Waals surface area contributed by atoms with Crippen LogP contribution in [-0.4, -0.2) is 64.8 Å². The van der Waals surface area contributed by atoms with Gasteiger partial charge in [-0.15, -0.1) is 0 Å². The van der Waals surface area contributed by atoms with Crippen molar-refractivity contribution >= 4 is 23.5 Å². The molecule has 0 spiro atoms. The highest BCUT2D eigenvalue weighted by Crippen LogP contribution is 2.05.